The highest BCUT2D eigenvalue weighted by Gasteiger charge is 2.48. The Balaban J connectivity index is 2.19. The number of aliphatic hydroxyl groups is 3. The Bertz CT molecular complexity index is 1220. The van der Waals surface area contributed by atoms with Crippen LogP contribution in [0.25, 0.3) is 0 Å². The van der Waals surface area contributed by atoms with Crippen LogP contribution >= 0.6 is 0 Å². The van der Waals surface area contributed by atoms with Crippen LogP contribution in [0, 0.1) is 0 Å². The number of ether oxygens (including phenoxy) is 4. The number of hydrogen-bond acceptors (Lipinski definition) is 11. The van der Waals surface area contributed by atoms with E-state index in [1.54, 1.807) is 0 Å². The first-order chi connectivity index (χ1) is 27.1. The number of esters is 1. The van der Waals surface area contributed by atoms with E-state index in [9.17, 15) is 28.5 Å². The molecule has 0 saturated carbocycles. The highest BCUT2D eigenvalue weighted by atomic mass is 32.3. The topological polar surface area (TPSA) is 178 Å². The van der Waals surface area contributed by atoms with E-state index in [1.165, 1.54) is 44.9 Å². The van der Waals surface area contributed by atoms with E-state index in [4.69, 9.17) is 23.5 Å². The van der Waals surface area contributed by atoms with Crippen molar-refractivity contribution in [3.05, 3.63) is 60.8 Å². The van der Waals surface area contributed by atoms with Crippen molar-refractivity contribution in [2.45, 2.75) is 179 Å². The first-order valence-corrected chi connectivity index (χ1v) is 22.4. The first-order valence-electron chi connectivity index (χ1n) is 21.0. The van der Waals surface area contributed by atoms with Crippen LogP contribution in [0.1, 0.15) is 142 Å². The summed E-state index contributed by atoms with van der Waals surface area (Å²) in [6, 6.07) is 0. The second-order valence-electron chi connectivity index (χ2n) is 14.2. The van der Waals surface area contributed by atoms with E-state index in [2.05, 4.69) is 71.9 Å². The average molecular weight is 815 g/mol. The van der Waals surface area contributed by atoms with Gasteiger partial charge >= 0.3 is 16.4 Å². The van der Waals surface area contributed by atoms with Gasteiger partial charge in [-0.3, -0.25) is 9.35 Å². The Morgan fingerprint density at radius 1 is 0.696 bits per heavy atom. The van der Waals surface area contributed by atoms with E-state index in [0.717, 1.165) is 70.6 Å². The lowest BCUT2D eigenvalue weighted by Crippen LogP contribution is -2.60. The van der Waals surface area contributed by atoms with Gasteiger partial charge in [-0.05, 0) is 57.8 Å². The Labute approximate surface area is 338 Å². The molecule has 0 aromatic rings. The van der Waals surface area contributed by atoms with Crippen molar-refractivity contribution in [3.63, 3.8) is 0 Å². The molecule has 0 aromatic heterocycles. The van der Waals surface area contributed by atoms with Crippen molar-refractivity contribution in [2.24, 2.45) is 0 Å². The van der Waals surface area contributed by atoms with Gasteiger partial charge in [-0.15, -0.1) is 0 Å². The summed E-state index contributed by atoms with van der Waals surface area (Å²) in [6.45, 7) is 3.65. The molecule has 0 aliphatic carbocycles. The number of rotatable bonds is 35. The molecule has 0 radical (unpaired) electrons. The lowest BCUT2D eigenvalue weighted by atomic mass is 9.99. The van der Waals surface area contributed by atoms with E-state index in [-0.39, 0.29) is 19.6 Å². The molecule has 0 aromatic carbocycles. The summed E-state index contributed by atoms with van der Waals surface area (Å²) in [7, 11) is -5.05. The van der Waals surface area contributed by atoms with Crippen LogP contribution in [0.4, 0.5) is 0 Å². The van der Waals surface area contributed by atoms with Gasteiger partial charge in [0.2, 0.25) is 0 Å². The molecule has 324 valence electrons. The minimum atomic E-state index is -5.05. The smallest absolute Gasteiger partial charge is 0.397 e. The Morgan fingerprint density at radius 3 is 1.77 bits per heavy atom. The minimum Gasteiger partial charge on any atom is -0.457 e. The van der Waals surface area contributed by atoms with Crippen molar-refractivity contribution in [3.8, 4) is 0 Å². The zero-order chi connectivity index (χ0) is 41.1. The van der Waals surface area contributed by atoms with Crippen LogP contribution in [0.3, 0.4) is 0 Å². The van der Waals surface area contributed by atoms with E-state index >= 15 is 0 Å². The Morgan fingerprint density at radius 2 is 1.23 bits per heavy atom. The van der Waals surface area contributed by atoms with Crippen molar-refractivity contribution in [1.29, 1.82) is 0 Å². The maximum atomic E-state index is 12.4. The van der Waals surface area contributed by atoms with Crippen LogP contribution in [0.5, 0.6) is 0 Å². The number of hydrogen-bond donors (Lipinski definition) is 4. The third kappa shape index (κ3) is 28.2. The molecule has 1 saturated heterocycles. The Kier molecular flexibility index (Phi) is 32.2. The molecule has 1 aliphatic heterocycles. The third-order valence-corrected chi connectivity index (χ3v) is 9.62. The fourth-order valence-corrected chi connectivity index (χ4v) is 6.50. The van der Waals surface area contributed by atoms with Crippen LogP contribution in [-0.4, -0.2) is 97.5 Å². The highest BCUT2D eigenvalue weighted by Crippen LogP contribution is 2.26. The van der Waals surface area contributed by atoms with Gasteiger partial charge in [0, 0.05) is 13.0 Å². The van der Waals surface area contributed by atoms with Gasteiger partial charge < -0.3 is 34.3 Å². The van der Waals surface area contributed by atoms with E-state index in [1.807, 2.05) is 6.92 Å². The molecule has 4 N–H and O–H groups in total. The SMILES string of the molecule is CC/C=C\C/C=C\C/C=C\C/C=C\C/C=C\CCCCCCCCCCCCOCC(COC1OC(CO)C(O)C(OS(=O)(=O)O)C1O)OC(=O)CCCCC. The van der Waals surface area contributed by atoms with Crippen molar-refractivity contribution < 1.29 is 56.2 Å². The molecule has 1 fully saturated rings. The number of allylic oxidation sites excluding steroid dienone is 10. The number of unbranched alkanes of at least 4 members (excludes halogenated alkanes) is 12. The van der Waals surface area contributed by atoms with Crippen LogP contribution in [0.2, 0.25) is 0 Å². The summed E-state index contributed by atoms with van der Waals surface area (Å²) in [4.78, 5) is 12.4. The Hall–Kier alpha value is -2.20. The molecular weight excluding hydrogens is 741 g/mol. The van der Waals surface area contributed by atoms with Gasteiger partial charge in [-0.1, -0.05) is 139 Å². The van der Waals surface area contributed by atoms with Crippen molar-refractivity contribution in [1.82, 2.24) is 0 Å². The zero-order valence-corrected chi connectivity index (χ0v) is 35.0. The molecule has 0 amide bonds. The number of carbonyl (C=O) groups is 1. The van der Waals surface area contributed by atoms with E-state index in [0.29, 0.717) is 13.0 Å². The third-order valence-electron chi connectivity index (χ3n) is 9.15. The molecule has 1 aliphatic rings. The molecule has 1 rings (SSSR count). The second-order valence-corrected chi connectivity index (χ2v) is 15.3. The fraction of sp³-hybridized carbons (Fsp3) is 0.744. The summed E-state index contributed by atoms with van der Waals surface area (Å²) >= 11 is 0. The van der Waals surface area contributed by atoms with Gasteiger partial charge in [0.25, 0.3) is 0 Å². The molecule has 1 heterocycles. The quantitative estimate of drug-likeness (QED) is 0.0209. The summed E-state index contributed by atoms with van der Waals surface area (Å²) in [6.07, 6.45) is 33.7. The monoisotopic (exact) mass is 814 g/mol. The maximum absolute atomic E-state index is 12.4. The van der Waals surface area contributed by atoms with E-state index < -0.39 is 59.8 Å². The van der Waals surface area contributed by atoms with Crippen LogP contribution in [0.15, 0.2) is 60.8 Å². The maximum Gasteiger partial charge on any atom is 0.397 e. The molecular formula is C43H74O12S. The van der Waals surface area contributed by atoms with Gasteiger partial charge in [-0.2, -0.15) is 8.42 Å². The largest absolute Gasteiger partial charge is 0.457 e. The minimum absolute atomic E-state index is 0.0282. The summed E-state index contributed by atoms with van der Waals surface area (Å²) in [5, 5.41) is 30.4. The van der Waals surface area contributed by atoms with Crippen LogP contribution in [-0.2, 0) is 38.3 Å². The molecule has 6 unspecified atom stereocenters. The molecule has 12 nitrogen and oxygen atoms in total. The predicted molar refractivity (Wildman–Crippen MR) is 220 cm³/mol. The van der Waals surface area contributed by atoms with Crippen LogP contribution < -0.4 is 0 Å². The molecule has 13 heteroatoms. The molecule has 56 heavy (non-hydrogen) atoms. The van der Waals surface area contributed by atoms with Crippen molar-refractivity contribution in [2.75, 3.05) is 26.4 Å². The standard InChI is InChI=1S/C43H74O12S/c1-3-5-7-8-9-10-11-12-13-14-15-16-17-18-19-20-21-22-23-24-25-26-27-28-29-31-33-51-35-37(53-39(45)32-30-6-4-2)36-52-43-41(47)42(55-56(48,49)50)40(46)38(34-44)54-43/h5,7,9-10,12-13,15-16,18-19,37-38,40-44,46-47H,3-4,6,8,11,14,17,20-36H2,1-2H3,(H,48,49,50)/b7-5-,10-9-,13-12-,16-15-,19-18-. The molecule has 0 spiro atoms. The summed E-state index contributed by atoms with van der Waals surface area (Å²) in [5.41, 5.74) is 0. The lowest BCUT2D eigenvalue weighted by molar-refractivity contribution is -0.301. The zero-order valence-electron chi connectivity index (χ0n) is 34.2. The average Bonchev–Trinajstić information content (AvgIpc) is 3.16. The number of aliphatic hydroxyl groups excluding tert-OH is 3. The number of carbonyl (C=O) groups excluding carboxylic acids is 1. The van der Waals surface area contributed by atoms with Gasteiger partial charge in [-0.25, -0.2) is 4.18 Å². The highest BCUT2D eigenvalue weighted by molar-refractivity contribution is 7.80. The molecule has 6 atom stereocenters. The lowest BCUT2D eigenvalue weighted by Gasteiger charge is -2.41. The summed E-state index contributed by atoms with van der Waals surface area (Å²) in [5.74, 6) is -0.428. The first kappa shape index (κ1) is 51.8. The van der Waals surface area contributed by atoms with Gasteiger partial charge in [0.15, 0.2) is 6.29 Å². The molecule has 0 bridgehead atoms. The van der Waals surface area contributed by atoms with Gasteiger partial charge in [0.1, 0.15) is 30.5 Å². The normalized spacial score (nSPS) is 21.4. The van der Waals surface area contributed by atoms with Gasteiger partial charge in [0.05, 0.1) is 19.8 Å². The summed E-state index contributed by atoms with van der Waals surface area (Å²) < 4.78 is 58.4. The second kappa shape index (κ2) is 34.8. The van der Waals surface area contributed by atoms with Crippen molar-refractivity contribution >= 4 is 16.4 Å². The fourth-order valence-electron chi connectivity index (χ4n) is 5.99. The predicted octanol–water partition coefficient (Wildman–Crippen LogP) is 8.18.